The molecule has 0 saturated heterocycles. The summed E-state index contributed by atoms with van der Waals surface area (Å²) in [4.78, 5) is 0. The number of halogens is 2. The van der Waals surface area contributed by atoms with E-state index in [0.717, 1.165) is 0 Å². The first-order valence-corrected chi connectivity index (χ1v) is 5.19. The lowest BCUT2D eigenvalue weighted by Gasteiger charge is -2.24. The Labute approximate surface area is 88.3 Å². The molecule has 0 spiro atoms. The zero-order valence-electron chi connectivity index (χ0n) is 8.71. The third kappa shape index (κ3) is 2.02. The largest absolute Gasteiger partial charge is 0.317 e. The standard InChI is InChI=1S/C12H15F2N/c1-12(15,11(13)14)10-6-4-9(5-7-10)8-2-3-8/h4-8,11H,2-3,15H2,1H3. The van der Waals surface area contributed by atoms with E-state index in [1.807, 2.05) is 12.1 Å². The molecule has 0 aliphatic heterocycles. The van der Waals surface area contributed by atoms with Crippen LogP contribution >= 0.6 is 0 Å². The number of alkyl halides is 2. The lowest BCUT2D eigenvalue weighted by Crippen LogP contribution is -2.40. The topological polar surface area (TPSA) is 26.0 Å². The van der Waals surface area contributed by atoms with Crippen molar-refractivity contribution >= 4 is 0 Å². The Balaban J connectivity index is 2.22. The molecule has 0 radical (unpaired) electrons. The van der Waals surface area contributed by atoms with Crippen molar-refractivity contribution in [1.29, 1.82) is 0 Å². The first-order chi connectivity index (χ1) is 7.01. The number of rotatable bonds is 3. The van der Waals surface area contributed by atoms with Crippen LogP contribution < -0.4 is 5.73 Å². The third-order valence-electron chi connectivity index (χ3n) is 3.03. The number of nitrogens with two attached hydrogens (primary N) is 1. The molecule has 2 N–H and O–H groups in total. The van der Waals surface area contributed by atoms with E-state index < -0.39 is 12.0 Å². The molecular weight excluding hydrogens is 196 g/mol. The highest BCUT2D eigenvalue weighted by atomic mass is 19.3. The minimum absolute atomic E-state index is 0.502. The van der Waals surface area contributed by atoms with Crippen LogP contribution in [0.4, 0.5) is 8.78 Å². The van der Waals surface area contributed by atoms with Crippen LogP contribution in [0.5, 0.6) is 0 Å². The Kier molecular flexibility index (Phi) is 2.51. The summed E-state index contributed by atoms with van der Waals surface area (Å²) in [7, 11) is 0. The van der Waals surface area contributed by atoms with Crippen LogP contribution in [0.1, 0.15) is 36.8 Å². The Morgan fingerprint density at radius 3 is 2.20 bits per heavy atom. The van der Waals surface area contributed by atoms with E-state index in [1.54, 1.807) is 12.1 Å². The lowest BCUT2D eigenvalue weighted by molar-refractivity contribution is 0.0625. The second-order valence-electron chi connectivity index (χ2n) is 4.48. The molecule has 1 aromatic rings. The molecule has 1 atom stereocenters. The Morgan fingerprint density at radius 2 is 1.80 bits per heavy atom. The summed E-state index contributed by atoms with van der Waals surface area (Å²) in [5.74, 6) is 0.648. The molecule has 1 aliphatic rings. The van der Waals surface area contributed by atoms with Crippen LogP contribution in [0, 0.1) is 0 Å². The van der Waals surface area contributed by atoms with Gasteiger partial charge in [0.05, 0.1) is 5.54 Å². The average molecular weight is 211 g/mol. The second-order valence-corrected chi connectivity index (χ2v) is 4.48. The normalized spacial score (nSPS) is 20.3. The monoisotopic (exact) mass is 211 g/mol. The summed E-state index contributed by atoms with van der Waals surface area (Å²) in [5, 5.41) is 0. The average Bonchev–Trinajstić information content (AvgIpc) is 3.01. The van der Waals surface area contributed by atoms with Gasteiger partial charge >= 0.3 is 0 Å². The molecule has 15 heavy (non-hydrogen) atoms. The molecule has 0 bridgehead atoms. The van der Waals surface area contributed by atoms with Crippen LogP contribution in [-0.4, -0.2) is 6.43 Å². The van der Waals surface area contributed by atoms with Gasteiger partial charge in [-0.05, 0) is 36.8 Å². The summed E-state index contributed by atoms with van der Waals surface area (Å²) >= 11 is 0. The van der Waals surface area contributed by atoms with E-state index in [-0.39, 0.29) is 0 Å². The highest BCUT2D eigenvalue weighted by molar-refractivity contribution is 5.31. The predicted molar refractivity (Wildman–Crippen MR) is 56.0 cm³/mol. The van der Waals surface area contributed by atoms with Crippen molar-refractivity contribution in [2.75, 3.05) is 0 Å². The van der Waals surface area contributed by atoms with Gasteiger partial charge in [0.1, 0.15) is 0 Å². The zero-order valence-corrected chi connectivity index (χ0v) is 8.71. The number of benzene rings is 1. The number of hydrogen-bond donors (Lipinski definition) is 1. The minimum atomic E-state index is -2.54. The van der Waals surface area contributed by atoms with Crippen molar-refractivity contribution in [2.24, 2.45) is 5.73 Å². The molecule has 1 aliphatic carbocycles. The van der Waals surface area contributed by atoms with Crippen LogP contribution in [0.15, 0.2) is 24.3 Å². The summed E-state index contributed by atoms with van der Waals surface area (Å²) in [6, 6.07) is 7.28. The van der Waals surface area contributed by atoms with Gasteiger partial charge in [-0.15, -0.1) is 0 Å². The molecule has 82 valence electrons. The van der Waals surface area contributed by atoms with Gasteiger partial charge in [0.2, 0.25) is 0 Å². The molecular formula is C12H15F2N. The molecule has 1 fully saturated rings. The molecule has 1 unspecified atom stereocenters. The van der Waals surface area contributed by atoms with Crippen LogP contribution in [-0.2, 0) is 5.54 Å². The molecule has 3 heteroatoms. The quantitative estimate of drug-likeness (QED) is 0.817. The summed E-state index contributed by atoms with van der Waals surface area (Å²) in [5.41, 5.74) is 5.77. The van der Waals surface area contributed by atoms with Gasteiger partial charge < -0.3 is 5.73 Å². The SMILES string of the molecule is CC(N)(c1ccc(C2CC2)cc1)C(F)F. The maximum Gasteiger partial charge on any atom is 0.260 e. The molecule has 1 nitrogen and oxygen atoms in total. The Hall–Kier alpha value is -0.960. The smallest absolute Gasteiger partial charge is 0.260 e. The van der Waals surface area contributed by atoms with Gasteiger partial charge in [-0.25, -0.2) is 8.78 Å². The van der Waals surface area contributed by atoms with Crippen molar-refractivity contribution in [3.8, 4) is 0 Å². The molecule has 0 amide bonds. The van der Waals surface area contributed by atoms with E-state index in [0.29, 0.717) is 11.5 Å². The Bertz CT molecular complexity index is 339. The zero-order chi connectivity index (χ0) is 11.1. The van der Waals surface area contributed by atoms with E-state index in [4.69, 9.17) is 5.73 Å². The van der Waals surface area contributed by atoms with E-state index in [9.17, 15) is 8.78 Å². The predicted octanol–water partition coefficient (Wildman–Crippen LogP) is 3.00. The fraction of sp³-hybridized carbons (Fsp3) is 0.500. The van der Waals surface area contributed by atoms with Crippen molar-refractivity contribution in [3.63, 3.8) is 0 Å². The molecule has 1 aromatic carbocycles. The highest BCUT2D eigenvalue weighted by Crippen LogP contribution is 2.40. The molecule has 1 saturated carbocycles. The molecule has 2 rings (SSSR count). The van der Waals surface area contributed by atoms with Gasteiger partial charge in [0.15, 0.2) is 0 Å². The fourth-order valence-electron chi connectivity index (χ4n) is 1.66. The van der Waals surface area contributed by atoms with Crippen LogP contribution in [0.2, 0.25) is 0 Å². The van der Waals surface area contributed by atoms with Crippen molar-refractivity contribution in [2.45, 2.75) is 37.6 Å². The van der Waals surface area contributed by atoms with E-state index in [2.05, 4.69) is 0 Å². The first kappa shape index (κ1) is 10.6. The maximum absolute atomic E-state index is 12.6. The first-order valence-electron chi connectivity index (χ1n) is 5.19. The molecule has 0 aromatic heterocycles. The van der Waals surface area contributed by atoms with Crippen LogP contribution in [0.3, 0.4) is 0 Å². The molecule has 0 heterocycles. The third-order valence-corrected chi connectivity index (χ3v) is 3.03. The van der Waals surface area contributed by atoms with Crippen molar-refractivity contribution in [3.05, 3.63) is 35.4 Å². The van der Waals surface area contributed by atoms with Crippen molar-refractivity contribution < 1.29 is 8.78 Å². The van der Waals surface area contributed by atoms with Gasteiger partial charge in [-0.2, -0.15) is 0 Å². The highest BCUT2D eigenvalue weighted by Gasteiger charge is 2.32. The van der Waals surface area contributed by atoms with E-state index >= 15 is 0 Å². The van der Waals surface area contributed by atoms with E-state index in [1.165, 1.54) is 25.3 Å². The van der Waals surface area contributed by atoms with Gasteiger partial charge in [0, 0.05) is 0 Å². The van der Waals surface area contributed by atoms with Crippen LogP contribution in [0.25, 0.3) is 0 Å². The second kappa shape index (κ2) is 3.56. The lowest BCUT2D eigenvalue weighted by atomic mass is 9.92. The fourth-order valence-corrected chi connectivity index (χ4v) is 1.66. The van der Waals surface area contributed by atoms with Gasteiger partial charge in [-0.3, -0.25) is 0 Å². The minimum Gasteiger partial charge on any atom is -0.317 e. The van der Waals surface area contributed by atoms with Gasteiger partial charge in [-0.1, -0.05) is 24.3 Å². The summed E-state index contributed by atoms with van der Waals surface area (Å²) in [6.07, 6.45) is -0.105. The van der Waals surface area contributed by atoms with Gasteiger partial charge in [0.25, 0.3) is 6.43 Å². The number of hydrogen-bond acceptors (Lipinski definition) is 1. The summed E-state index contributed by atoms with van der Waals surface area (Å²) < 4.78 is 25.3. The summed E-state index contributed by atoms with van der Waals surface area (Å²) in [6.45, 7) is 1.36. The maximum atomic E-state index is 12.6. The van der Waals surface area contributed by atoms with Crippen molar-refractivity contribution in [1.82, 2.24) is 0 Å². The Morgan fingerprint density at radius 1 is 1.27 bits per heavy atom.